The number of nitrogens with one attached hydrogen (secondary N) is 1. The van der Waals surface area contributed by atoms with Gasteiger partial charge in [-0.15, -0.1) is 0 Å². The van der Waals surface area contributed by atoms with Crippen LogP contribution in [0.5, 0.6) is 0 Å². The van der Waals surface area contributed by atoms with Crippen LogP contribution in [0.1, 0.15) is 24.9 Å². The summed E-state index contributed by atoms with van der Waals surface area (Å²) in [4.78, 5) is 0. The summed E-state index contributed by atoms with van der Waals surface area (Å²) in [5, 5.41) is 3.40. The number of benzene rings is 2. The predicted molar refractivity (Wildman–Crippen MR) is 86.5 cm³/mol. The Bertz CT molecular complexity index is 501. The molecule has 2 nitrogen and oxygen atoms in total. The largest absolute Gasteiger partial charge is 0.330 e. The van der Waals surface area contributed by atoms with E-state index in [2.05, 4.69) is 60.8 Å². The molecule has 3 N–H and O–H groups in total. The maximum Gasteiger partial charge on any atom is 0.0358 e. The van der Waals surface area contributed by atoms with Gasteiger partial charge in [-0.25, -0.2) is 0 Å². The normalized spacial score (nSPS) is 13.9. The Balaban J connectivity index is 2.23. The highest BCUT2D eigenvalue weighted by atomic mass is 14.9. The van der Waals surface area contributed by atoms with Gasteiger partial charge >= 0.3 is 0 Å². The lowest BCUT2D eigenvalue weighted by molar-refractivity contribution is 0.378. The van der Waals surface area contributed by atoms with Crippen molar-refractivity contribution in [3.8, 4) is 11.1 Å². The molecule has 0 aliphatic carbocycles. The van der Waals surface area contributed by atoms with Crippen LogP contribution in [0, 0.1) is 5.92 Å². The Morgan fingerprint density at radius 2 is 1.55 bits per heavy atom. The van der Waals surface area contributed by atoms with Crippen molar-refractivity contribution in [2.24, 2.45) is 11.7 Å². The van der Waals surface area contributed by atoms with Gasteiger partial charge in [-0.1, -0.05) is 67.9 Å². The molecule has 0 saturated carbocycles. The molecule has 0 spiro atoms. The number of nitrogens with two attached hydrogens (primary N) is 1. The summed E-state index contributed by atoms with van der Waals surface area (Å²) >= 11 is 0. The van der Waals surface area contributed by atoms with Gasteiger partial charge in [-0.2, -0.15) is 0 Å². The minimum atomic E-state index is 0.329. The molecule has 0 heterocycles. The van der Waals surface area contributed by atoms with E-state index < -0.39 is 0 Å². The molecule has 2 aromatic rings. The number of hydrogen-bond acceptors (Lipinski definition) is 2. The Morgan fingerprint density at radius 3 is 2.05 bits per heavy atom. The van der Waals surface area contributed by atoms with E-state index in [1.165, 1.54) is 16.7 Å². The smallest absolute Gasteiger partial charge is 0.0358 e. The molecule has 0 bridgehead atoms. The summed E-state index contributed by atoms with van der Waals surface area (Å²) in [5.74, 6) is 0.475. The SMILES string of the molecule is CCC(CN)C(NC)c1ccc(-c2ccccc2)cc1. The van der Waals surface area contributed by atoms with Crippen molar-refractivity contribution in [1.29, 1.82) is 0 Å². The summed E-state index contributed by atoms with van der Waals surface area (Å²) in [6.07, 6.45) is 1.09. The highest BCUT2D eigenvalue weighted by molar-refractivity contribution is 5.63. The highest BCUT2D eigenvalue weighted by Crippen LogP contribution is 2.26. The molecule has 0 saturated heterocycles. The molecule has 0 aromatic heterocycles. The van der Waals surface area contributed by atoms with Crippen LogP contribution >= 0.6 is 0 Å². The van der Waals surface area contributed by atoms with Crippen LogP contribution in [0.15, 0.2) is 54.6 Å². The second kappa shape index (κ2) is 7.22. The Kier molecular flexibility index (Phi) is 5.33. The van der Waals surface area contributed by atoms with Gasteiger partial charge in [-0.05, 0) is 36.2 Å². The predicted octanol–water partition coefficient (Wildman–Crippen LogP) is 3.60. The van der Waals surface area contributed by atoms with Crippen LogP contribution in [0.3, 0.4) is 0 Å². The molecule has 0 amide bonds. The van der Waals surface area contributed by atoms with Crippen LogP contribution in [0.4, 0.5) is 0 Å². The van der Waals surface area contributed by atoms with E-state index >= 15 is 0 Å². The quantitative estimate of drug-likeness (QED) is 0.840. The Hall–Kier alpha value is -1.64. The van der Waals surface area contributed by atoms with E-state index in [-0.39, 0.29) is 0 Å². The molecule has 106 valence electrons. The summed E-state index contributed by atoms with van der Waals surface area (Å²) in [6.45, 7) is 2.91. The monoisotopic (exact) mass is 268 g/mol. The van der Waals surface area contributed by atoms with Crippen LogP contribution in [-0.2, 0) is 0 Å². The third kappa shape index (κ3) is 3.27. The van der Waals surface area contributed by atoms with Gasteiger partial charge < -0.3 is 11.1 Å². The molecule has 2 aromatic carbocycles. The zero-order valence-corrected chi connectivity index (χ0v) is 12.3. The fourth-order valence-corrected chi connectivity index (χ4v) is 2.73. The molecule has 2 atom stereocenters. The molecule has 2 rings (SSSR count). The average molecular weight is 268 g/mol. The minimum Gasteiger partial charge on any atom is -0.330 e. The van der Waals surface area contributed by atoms with Gasteiger partial charge in [0, 0.05) is 6.04 Å². The Morgan fingerprint density at radius 1 is 0.950 bits per heavy atom. The Labute approximate surface area is 122 Å². The first-order valence-corrected chi connectivity index (χ1v) is 7.32. The lowest BCUT2D eigenvalue weighted by atomic mass is 9.90. The van der Waals surface area contributed by atoms with Gasteiger partial charge in [0.25, 0.3) is 0 Å². The molecular formula is C18H24N2. The van der Waals surface area contributed by atoms with E-state index in [4.69, 9.17) is 5.73 Å². The van der Waals surface area contributed by atoms with Crippen molar-refractivity contribution in [2.75, 3.05) is 13.6 Å². The van der Waals surface area contributed by atoms with Crippen molar-refractivity contribution >= 4 is 0 Å². The van der Waals surface area contributed by atoms with Crippen molar-refractivity contribution in [3.05, 3.63) is 60.2 Å². The van der Waals surface area contributed by atoms with Crippen molar-refractivity contribution in [2.45, 2.75) is 19.4 Å². The van der Waals surface area contributed by atoms with Crippen LogP contribution < -0.4 is 11.1 Å². The zero-order valence-electron chi connectivity index (χ0n) is 12.3. The van der Waals surface area contributed by atoms with Gasteiger partial charge in [0.1, 0.15) is 0 Å². The topological polar surface area (TPSA) is 38.0 Å². The van der Waals surface area contributed by atoms with Gasteiger partial charge in [0.15, 0.2) is 0 Å². The second-order valence-corrected chi connectivity index (χ2v) is 5.16. The maximum absolute atomic E-state index is 5.88. The summed E-state index contributed by atoms with van der Waals surface area (Å²) in [7, 11) is 2.01. The van der Waals surface area contributed by atoms with Crippen molar-refractivity contribution < 1.29 is 0 Å². The van der Waals surface area contributed by atoms with Crippen molar-refractivity contribution in [1.82, 2.24) is 5.32 Å². The average Bonchev–Trinajstić information content (AvgIpc) is 2.53. The standard InChI is InChI=1S/C18H24N2/c1-3-14(13-19)18(20-2)17-11-9-16(10-12-17)15-7-5-4-6-8-15/h4-12,14,18,20H,3,13,19H2,1-2H3. The second-order valence-electron chi connectivity index (χ2n) is 5.16. The van der Waals surface area contributed by atoms with E-state index in [0.717, 1.165) is 6.42 Å². The lowest BCUT2D eigenvalue weighted by Crippen LogP contribution is -2.30. The maximum atomic E-state index is 5.88. The fourth-order valence-electron chi connectivity index (χ4n) is 2.73. The molecule has 20 heavy (non-hydrogen) atoms. The molecule has 0 radical (unpaired) electrons. The first-order chi connectivity index (χ1) is 9.80. The van der Waals surface area contributed by atoms with Crippen LogP contribution in [0.2, 0.25) is 0 Å². The molecule has 0 aliphatic heterocycles. The van der Waals surface area contributed by atoms with Crippen molar-refractivity contribution in [3.63, 3.8) is 0 Å². The number of hydrogen-bond donors (Lipinski definition) is 2. The minimum absolute atomic E-state index is 0.329. The first-order valence-electron chi connectivity index (χ1n) is 7.32. The molecular weight excluding hydrogens is 244 g/mol. The van der Waals surface area contributed by atoms with E-state index in [0.29, 0.717) is 18.5 Å². The fraction of sp³-hybridized carbons (Fsp3) is 0.333. The van der Waals surface area contributed by atoms with E-state index in [1.807, 2.05) is 13.1 Å². The number of rotatable bonds is 6. The summed E-state index contributed by atoms with van der Waals surface area (Å²) < 4.78 is 0. The van der Waals surface area contributed by atoms with Gasteiger partial charge in [-0.3, -0.25) is 0 Å². The lowest BCUT2D eigenvalue weighted by Gasteiger charge is -2.25. The van der Waals surface area contributed by atoms with E-state index in [9.17, 15) is 0 Å². The first kappa shape index (κ1) is 14.8. The third-order valence-corrected chi connectivity index (χ3v) is 3.99. The summed E-state index contributed by atoms with van der Waals surface area (Å²) in [5.41, 5.74) is 9.70. The third-order valence-electron chi connectivity index (χ3n) is 3.99. The van der Waals surface area contributed by atoms with Crippen LogP contribution in [0.25, 0.3) is 11.1 Å². The van der Waals surface area contributed by atoms with E-state index in [1.54, 1.807) is 0 Å². The van der Waals surface area contributed by atoms with Crippen LogP contribution in [-0.4, -0.2) is 13.6 Å². The summed E-state index contributed by atoms with van der Waals surface area (Å²) in [6, 6.07) is 19.6. The zero-order chi connectivity index (χ0) is 14.4. The molecule has 2 heteroatoms. The van der Waals surface area contributed by atoms with Gasteiger partial charge in [0.2, 0.25) is 0 Å². The molecule has 0 fully saturated rings. The molecule has 0 aliphatic rings. The highest BCUT2D eigenvalue weighted by Gasteiger charge is 2.18. The molecule has 2 unspecified atom stereocenters. The van der Waals surface area contributed by atoms with Gasteiger partial charge in [0.05, 0.1) is 0 Å².